The molecule has 0 saturated carbocycles. The van der Waals surface area contributed by atoms with Crippen molar-refractivity contribution < 1.29 is 42.9 Å². The van der Waals surface area contributed by atoms with E-state index in [0.717, 1.165) is 51.4 Å². The number of carboxylic acid groups (broad SMARTS) is 1. The lowest BCUT2D eigenvalue weighted by atomic mass is 10.0. The van der Waals surface area contributed by atoms with Crippen LogP contribution in [0, 0.1) is 0 Å². The quantitative estimate of drug-likeness (QED) is 0.0195. The van der Waals surface area contributed by atoms with Crippen molar-refractivity contribution in [3.63, 3.8) is 0 Å². The Morgan fingerprint density at radius 3 is 1.12 bits per heavy atom. The van der Waals surface area contributed by atoms with Gasteiger partial charge in [-0.1, -0.05) is 280 Å². The lowest BCUT2D eigenvalue weighted by Crippen LogP contribution is -2.44. The SMILES string of the molecule is CC/C=C\C/C=C\C/C=C\C/C=C\C/C=C\CCCC(=O)OC(COC(=O)CCCCCCCCCCCCCCCCCCCCCCCCCCCCCCCCCCC)COC(OCC[N+](C)(C)C)C(=O)[O-]. The summed E-state index contributed by atoms with van der Waals surface area (Å²) in [6.45, 7) is 4.60. The van der Waals surface area contributed by atoms with Crippen molar-refractivity contribution in [2.24, 2.45) is 0 Å². The highest BCUT2D eigenvalue weighted by Crippen LogP contribution is 2.18. The van der Waals surface area contributed by atoms with E-state index in [-0.39, 0.29) is 38.6 Å². The third-order valence-electron chi connectivity index (χ3n) is 13.8. The molecule has 0 aromatic rings. The number of carbonyl (C=O) groups is 3. The molecule has 0 aliphatic rings. The molecule has 2 atom stereocenters. The van der Waals surface area contributed by atoms with E-state index < -0.39 is 24.3 Å². The Labute approximate surface area is 463 Å². The number of quaternary nitrogens is 1. The predicted molar refractivity (Wildman–Crippen MR) is 315 cm³/mol. The number of unbranched alkanes of at least 4 members (excludes halogenated alkanes) is 33. The van der Waals surface area contributed by atoms with Gasteiger partial charge in [0, 0.05) is 12.8 Å². The number of carbonyl (C=O) groups excluding carboxylic acids is 3. The van der Waals surface area contributed by atoms with Crippen LogP contribution < -0.4 is 5.11 Å². The molecule has 436 valence electrons. The van der Waals surface area contributed by atoms with Crippen LogP contribution in [0.25, 0.3) is 0 Å². The van der Waals surface area contributed by atoms with Gasteiger partial charge < -0.3 is 33.3 Å². The van der Waals surface area contributed by atoms with E-state index in [1.54, 1.807) is 0 Å². The number of likely N-dealkylation sites (N-methyl/N-ethyl adjacent to an activating group) is 1. The summed E-state index contributed by atoms with van der Waals surface area (Å²) in [5.74, 6) is -2.35. The van der Waals surface area contributed by atoms with Gasteiger partial charge in [-0.3, -0.25) is 9.59 Å². The molecule has 0 spiro atoms. The maximum absolute atomic E-state index is 12.8. The number of rotatable bonds is 58. The normalized spacial score (nSPS) is 13.1. The molecule has 0 aromatic carbocycles. The molecule has 0 radical (unpaired) electrons. The molecule has 0 N–H and O–H groups in total. The zero-order valence-corrected chi connectivity index (χ0v) is 49.7. The van der Waals surface area contributed by atoms with Crippen LogP contribution >= 0.6 is 0 Å². The summed E-state index contributed by atoms with van der Waals surface area (Å²) in [6.07, 6.45) is 70.4. The van der Waals surface area contributed by atoms with Crippen LogP contribution in [-0.2, 0) is 33.3 Å². The van der Waals surface area contributed by atoms with Gasteiger partial charge in [-0.05, 0) is 51.4 Å². The van der Waals surface area contributed by atoms with Crippen LogP contribution in [0.3, 0.4) is 0 Å². The van der Waals surface area contributed by atoms with Gasteiger partial charge in [-0.2, -0.15) is 0 Å². The predicted octanol–water partition coefficient (Wildman–Crippen LogP) is 17.5. The number of ether oxygens (including phenoxy) is 4. The Bertz CT molecular complexity index is 1410. The third-order valence-corrected chi connectivity index (χ3v) is 13.8. The molecule has 0 rings (SSSR count). The molecule has 0 saturated heterocycles. The van der Waals surface area contributed by atoms with Crippen molar-refractivity contribution in [3.05, 3.63) is 60.8 Å². The van der Waals surface area contributed by atoms with Gasteiger partial charge in [0.05, 0.1) is 40.3 Å². The fourth-order valence-electron chi connectivity index (χ4n) is 8.99. The van der Waals surface area contributed by atoms with Gasteiger partial charge in [0.15, 0.2) is 12.4 Å². The average molecular weight is 1050 g/mol. The Hall–Kier alpha value is -3.01. The lowest BCUT2D eigenvalue weighted by molar-refractivity contribution is -0.870. The molecule has 0 heterocycles. The van der Waals surface area contributed by atoms with Gasteiger partial charge in [0.1, 0.15) is 13.2 Å². The van der Waals surface area contributed by atoms with Crippen LogP contribution in [0.4, 0.5) is 0 Å². The number of hydrogen-bond donors (Lipinski definition) is 0. The first kappa shape index (κ1) is 72.0. The van der Waals surface area contributed by atoms with Gasteiger partial charge in [0.25, 0.3) is 0 Å². The van der Waals surface area contributed by atoms with Crippen LogP contribution in [-0.4, -0.2) is 82.3 Å². The fourth-order valence-corrected chi connectivity index (χ4v) is 8.99. The molecule has 2 unspecified atom stereocenters. The van der Waals surface area contributed by atoms with Crippen LogP contribution in [0.2, 0.25) is 0 Å². The summed E-state index contributed by atoms with van der Waals surface area (Å²) in [4.78, 5) is 37.3. The molecule has 75 heavy (non-hydrogen) atoms. The number of allylic oxidation sites excluding steroid dienone is 10. The largest absolute Gasteiger partial charge is 0.545 e. The smallest absolute Gasteiger partial charge is 0.306 e. The van der Waals surface area contributed by atoms with Gasteiger partial charge in [-0.15, -0.1) is 0 Å². The van der Waals surface area contributed by atoms with E-state index >= 15 is 0 Å². The summed E-state index contributed by atoms with van der Waals surface area (Å²) in [5.41, 5.74) is 0. The monoisotopic (exact) mass is 1050 g/mol. The molecule has 0 aliphatic heterocycles. The van der Waals surface area contributed by atoms with Gasteiger partial charge in [-0.25, -0.2) is 0 Å². The number of hydrogen-bond acceptors (Lipinski definition) is 8. The standard InChI is InChI=1S/C66H119NO8/c1-6-8-10-12-14-16-18-20-22-24-25-26-27-28-29-30-31-32-33-34-35-36-37-38-39-41-42-44-46-48-50-52-54-56-63(68)73-60-62(61-74-66(65(70)71)72-59-58-67(3,4)5)75-64(69)57-55-53-51-49-47-45-43-40-23-21-19-17-15-13-11-9-7-2/h9,11,15,17,21,23,43,45,49,51,62,66H,6-8,10,12-14,16,18-20,22,24-42,44,46-48,50,52-61H2,1-5H3/b11-9-,17-15-,23-21-,45-43-,51-49-. The molecule has 9 nitrogen and oxygen atoms in total. The maximum Gasteiger partial charge on any atom is 0.306 e. The molecule has 0 bridgehead atoms. The van der Waals surface area contributed by atoms with Crippen LogP contribution in [0.15, 0.2) is 60.8 Å². The highest BCUT2D eigenvalue weighted by atomic mass is 16.7. The summed E-state index contributed by atoms with van der Waals surface area (Å²) in [5, 5.41) is 11.8. The third kappa shape index (κ3) is 58.5. The van der Waals surface area contributed by atoms with Crippen molar-refractivity contribution in [3.8, 4) is 0 Å². The second-order valence-electron chi connectivity index (χ2n) is 22.3. The first-order chi connectivity index (χ1) is 36.6. The van der Waals surface area contributed by atoms with Crippen molar-refractivity contribution >= 4 is 17.9 Å². The number of esters is 2. The van der Waals surface area contributed by atoms with E-state index in [1.165, 1.54) is 193 Å². The van der Waals surface area contributed by atoms with Crippen LogP contribution in [0.1, 0.15) is 284 Å². The van der Waals surface area contributed by atoms with Crippen LogP contribution in [0.5, 0.6) is 0 Å². The number of nitrogens with zero attached hydrogens (tertiary/aromatic N) is 1. The van der Waals surface area contributed by atoms with E-state index in [0.29, 0.717) is 23.9 Å². The van der Waals surface area contributed by atoms with E-state index in [2.05, 4.69) is 74.6 Å². The molecular weight excluding hydrogens is 935 g/mol. The highest BCUT2D eigenvalue weighted by Gasteiger charge is 2.22. The summed E-state index contributed by atoms with van der Waals surface area (Å²) in [7, 11) is 5.90. The maximum atomic E-state index is 12.8. The summed E-state index contributed by atoms with van der Waals surface area (Å²) < 4.78 is 22.6. The van der Waals surface area contributed by atoms with Crippen molar-refractivity contribution in [2.75, 3.05) is 47.5 Å². The minimum Gasteiger partial charge on any atom is -0.545 e. The molecule has 0 fully saturated rings. The summed E-state index contributed by atoms with van der Waals surface area (Å²) >= 11 is 0. The molecule has 0 aliphatic carbocycles. The van der Waals surface area contributed by atoms with Crippen molar-refractivity contribution in [1.82, 2.24) is 0 Å². The van der Waals surface area contributed by atoms with Crippen molar-refractivity contribution in [1.29, 1.82) is 0 Å². The van der Waals surface area contributed by atoms with E-state index in [4.69, 9.17) is 18.9 Å². The van der Waals surface area contributed by atoms with E-state index in [9.17, 15) is 19.5 Å². The minimum atomic E-state index is -1.64. The lowest BCUT2D eigenvalue weighted by Gasteiger charge is -2.26. The Balaban J connectivity index is 4.08. The molecule has 9 heteroatoms. The Morgan fingerprint density at radius 1 is 0.413 bits per heavy atom. The second kappa shape index (κ2) is 57.2. The highest BCUT2D eigenvalue weighted by molar-refractivity contribution is 5.70. The van der Waals surface area contributed by atoms with Gasteiger partial charge in [0.2, 0.25) is 0 Å². The zero-order chi connectivity index (χ0) is 54.8. The Kier molecular flexibility index (Phi) is 54.9. The number of aliphatic carboxylic acids is 1. The first-order valence-corrected chi connectivity index (χ1v) is 31.4. The summed E-state index contributed by atoms with van der Waals surface area (Å²) in [6, 6.07) is 0. The average Bonchev–Trinajstić information content (AvgIpc) is 3.38. The first-order valence-electron chi connectivity index (χ1n) is 31.4. The van der Waals surface area contributed by atoms with Gasteiger partial charge >= 0.3 is 11.9 Å². The zero-order valence-electron chi connectivity index (χ0n) is 49.7. The number of carboxylic acids is 1. The fraction of sp³-hybridized carbons (Fsp3) is 0.803. The molecule has 0 amide bonds. The topological polar surface area (TPSA) is 111 Å². The minimum absolute atomic E-state index is 0.136. The van der Waals surface area contributed by atoms with E-state index in [1.807, 2.05) is 21.1 Å². The van der Waals surface area contributed by atoms with Crippen molar-refractivity contribution in [2.45, 2.75) is 296 Å². The Morgan fingerprint density at radius 2 is 0.760 bits per heavy atom. The molecular formula is C66H119NO8. The molecule has 0 aromatic heterocycles. The second-order valence-corrected chi connectivity index (χ2v) is 22.3.